The molecule has 0 saturated heterocycles. The van der Waals surface area contributed by atoms with Crippen LogP contribution in [0.3, 0.4) is 0 Å². The molecular formula is C15H18OS. The van der Waals surface area contributed by atoms with E-state index < -0.39 is 6.10 Å². The van der Waals surface area contributed by atoms with Crippen molar-refractivity contribution in [1.82, 2.24) is 0 Å². The molecule has 0 fully saturated rings. The summed E-state index contributed by atoms with van der Waals surface area (Å²) in [6.45, 7) is 6.23. The van der Waals surface area contributed by atoms with E-state index in [1.54, 1.807) is 11.3 Å². The molecule has 0 amide bonds. The molecule has 0 radical (unpaired) electrons. The van der Waals surface area contributed by atoms with Crippen molar-refractivity contribution < 1.29 is 5.11 Å². The van der Waals surface area contributed by atoms with Crippen molar-refractivity contribution >= 4 is 11.3 Å². The Morgan fingerprint density at radius 2 is 1.76 bits per heavy atom. The molecule has 0 aliphatic heterocycles. The highest BCUT2D eigenvalue weighted by atomic mass is 32.1. The highest BCUT2D eigenvalue weighted by Gasteiger charge is 2.31. The summed E-state index contributed by atoms with van der Waals surface area (Å²) in [5.74, 6) is 0. The van der Waals surface area contributed by atoms with E-state index in [0.717, 1.165) is 11.1 Å². The lowest BCUT2D eigenvalue weighted by atomic mass is 9.77. The van der Waals surface area contributed by atoms with Gasteiger partial charge in [0.15, 0.2) is 0 Å². The van der Waals surface area contributed by atoms with E-state index >= 15 is 0 Å². The highest BCUT2D eigenvalue weighted by Crippen LogP contribution is 2.38. The molecule has 2 aromatic rings. The van der Waals surface area contributed by atoms with Gasteiger partial charge in [0.05, 0.1) is 6.10 Å². The van der Waals surface area contributed by atoms with Crippen LogP contribution >= 0.6 is 11.3 Å². The van der Waals surface area contributed by atoms with Crippen LogP contribution in [0.5, 0.6) is 0 Å². The summed E-state index contributed by atoms with van der Waals surface area (Å²) < 4.78 is 0. The Balaban J connectivity index is 2.37. The fraction of sp³-hybridized carbons (Fsp3) is 0.333. The smallest absolute Gasteiger partial charge is 0.0891 e. The molecule has 1 aromatic heterocycles. The van der Waals surface area contributed by atoms with E-state index in [-0.39, 0.29) is 5.41 Å². The number of hydrogen-bond acceptors (Lipinski definition) is 2. The topological polar surface area (TPSA) is 20.2 Å². The summed E-state index contributed by atoms with van der Waals surface area (Å²) in [5, 5.41) is 12.6. The third-order valence-corrected chi connectivity index (χ3v) is 4.26. The van der Waals surface area contributed by atoms with Crippen molar-refractivity contribution in [1.29, 1.82) is 0 Å². The second-order valence-corrected chi connectivity index (χ2v) is 6.04. The van der Waals surface area contributed by atoms with Crippen LogP contribution in [-0.2, 0) is 5.41 Å². The molecule has 2 rings (SSSR count). The van der Waals surface area contributed by atoms with Crippen LogP contribution in [0.2, 0.25) is 0 Å². The summed E-state index contributed by atoms with van der Waals surface area (Å²) >= 11 is 1.68. The summed E-state index contributed by atoms with van der Waals surface area (Å²) in [4.78, 5) is 1.20. The molecule has 1 heterocycles. The lowest BCUT2D eigenvalue weighted by Gasteiger charge is -2.31. The normalized spacial score (nSPS) is 13.6. The summed E-state index contributed by atoms with van der Waals surface area (Å²) in [7, 11) is 0. The van der Waals surface area contributed by atoms with Crippen molar-refractivity contribution in [2.24, 2.45) is 0 Å². The molecule has 1 aromatic carbocycles. The van der Waals surface area contributed by atoms with E-state index in [2.05, 4.69) is 32.9 Å². The number of rotatable bonds is 3. The third-order valence-electron chi connectivity index (χ3n) is 3.39. The maximum Gasteiger partial charge on any atom is 0.0891 e. The van der Waals surface area contributed by atoms with E-state index in [1.807, 2.05) is 29.6 Å². The third kappa shape index (κ3) is 2.28. The Hall–Kier alpha value is -1.12. The Bertz CT molecular complexity index is 485. The summed E-state index contributed by atoms with van der Waals surface area (Å²) in [6.07, 6.45) is -0.462. The number of benzene rings is 1. The van der Waals surface area contributed by atoms with Gasteiger partial charge in [-0.2, -0.15) is 0 Å². The minimum atomic E-state index is -0.462. The highest BCUT2D eigenvalue weighted by molar-refractivity contribution is 7.10. The molecule has 2 heteroatoms. The molecule has 0 aliphatic carbocycles. The lowest BCUT2D eigenvalue weighted by Crippen LogP contribution is -2.26. The zero-order chi connectivity index (χ0) is 12.5. The van der Waals surface area contributed by atoms with Gasteiger partial charge in [0.2, 0.25) is 0 Å². The van der Waals surface area contributed by atoms with Gasteiger partial charge in [0.1, 0.15) is 0 Å². The van der Waals surface area contributed by atoms with Crippen molar-refractivity contribution in [3.05, 3.63) is 57.8 Å². The molecule has 1 atom stereocenters. The van der Waals surface area contributed by atoms with E-state index in [0.29, 0.717) is 0 Å². The molecule has 0 saturated carbocycles. The van der Waals surface area contributed by atoms with Crippen LogP contribution in [0.15, 0.2) is 41.8 Å². The van der Waals surface area contributed by atoms with E-state index in [9.17, 15) is 5.11 Å². The molecule has 0 aliphatic rings. The van der Waals surface area contributed by atoms with Crippen LogP contribution in [-0.4, -0.2) is 5.11 Å². The second-order valence-electron chi connectivity index (χ2n) is 4.92. The van der Waals surface area contributed by atoms with E-state index in [4.69, 9.17) is 0 Å². The lowest BCUT2D eigenvalue weighted by molar-refractivity contribution is 0.100. The van der Waals surface area contributed by atoms with Gasteiger partial charge in [0.25, 0.3) is 0 Å². The molecule has 1 N–H and O–H groups in total. The van der Waals surface area contributed by atoms with Gasteiger partial charge < -0.3 is 5.11 Å². The molecule has 1 unspecified atom stereocenters. The number of hydrogen-bond donors (Lipinski definition) is 1. The predicted molar refractivity (Wildman–Crippen MR) is 73.5 cm³/mol. The Morgan fingerprint density at radius 3 is 2.29 bits per heavy atom. The first-order chi connectivity index (χ1) is 8.03. The van der Waals surface area contributed by atoms with Gasteiger partial charge in [-0.1, -0.05) is 44.2 Å². The number of aliphatic hydroxyl groups is 1. The fourth-order valence-corrected chi connectivity index (χ4v) is 2.83. The fourth-order valence-electron chi connectivity index (χ4n) is 2.09. The van der Waals surface area contributed by atoms with Gasteiger partial charge >= 0.3 is 0 Å². The summed E-state index contributed by atoms with van der Waals surface area (Å²) in [5.41, 5.74) is 1.94. The molecule has 0 spiro atoms. The SMILES string of the molecule is Cc1sccc1C(O)C(C)(C)c1ccccc1. The van der Waals surface area contributed by atoms with E-state index in [1.165, 1.54) is 4.88 Å². The second kappa shape index (κ2) is 4.63. The average molecular weight is 246 g/mol. The van der Waals surface area contributed by atoms with Gasteiger partial charge in [0, 0.05) is 10.3 Å². The van der Waals surface area contributed by atoms with Gasteiger partial charge in [-0.05, 0) is 29.5 Å². The van der Waals surface area contributed by atoms with Crippen LogP contribution in [0.4, 0.5) is 0 Å². The Labute approximate surface area is 107 Å². The molecule has 1 nitrogen and oxygen atoms in total. The zero-order valence-corrected chi connectivity index (χ0v) is 11.3. The van der Waals surface area contributed by atoms with Crippen LogP contribution in [0.25, 0.3) is 0 Å². The van der Waals surface area contributed by atoms with Crippen LogP contribution in [0.1, 0.15) is 36.0 Å². The van der Waals surface area contributed by atoms with Crippen molar-refractivity contribution in [3.63, 3.8) is 0 Å². The maximum absolute atomic E-state index is 10.6. The average Bonchev–Trinajstić information content (AvgIpc) is 2.75. The van der Waals surface area contributed by atoms with Gasteiger partial charge in [-0.15, -0.1) is 11.3 Å². The van der Waals surface area contributed by atoms with Crippen LogP contribution in [0, 0.1) is 6.92 Å². The number of aryl methyl sites for hydroxylation is 1. The van der Waals surface area contributed by atoms with Gasteiger partial charge in [-0.3, -0.25) is 0 Å². The minimum absolute atomic E-state index is 0.271. The first-order valence-corrected chi connectivity index (χ1v) is 6.69. The van der Waals surface area contributed by atoms with Crippen molar-refractivity contribution in [2.75, 3.05) is 0 Å². The first-order valence-electron chi connectivity index (χ1n) is 5.81. The van der Waals surface area contributed by atoms with Crippen molar-refractivity contribution in [3.8, 4) is 0 Å². The number of aliphatic hydroxyl groups excluding tert-OH is 1. The quantitative estimate of drug-likeness (QED) is 0.865. The number of thiophene rings is 1. The molecule has 90 valence electrons. The predicted octanol–water partition coefficient (Wildman–Crippen LogP) is 4.07. The standard InChI is InChI=1S/C15H18OS/c1-11-13(9-10-17-11)14(16)15(2,3)12-7-5-4-6-8-12/h4-10,14,16H,1-3H3. The molecular weight excluding hydrogens is 228 g/mol. The van der Waals surface area contributed by atoms with Gasteiger partial charge in [-0.25, -0.2) is 0 Å². The van der Waals surface area contributed by atoms with Crippen molar-refractivity contribution in [2.45, 2.75) is 32.3 Å². The summed E-state index contributed by atoms with van der Waals surface area (Å²) in [6, 6.07) is 12.2. The Kier molecular flexibility index (Phi) is 3.36. The Morgan fingerprint density at radius 1 is 1.12 bits per heavy atom. The maximum atomic E-state index is 10.6. The zero-order valence-electron chi connectivity index (χ0n) is 10.5. The van der Waals surface area contributed by atoms with Crippen LogP contribution < -0.4 is 0 Å². The molecule has 17 heavy (non-hydrogen) atoms. The minimum Gasteiger partial charge on any atom is -0.387 e. The first kappa shape index (κ1) is 12.3. The largest absolute Gasteiger partial charge is 0.387 e. The monoisotopic (exact) mass is 246 g/mol. The molecule has 0 bridgehead atoms.